The van der Waals surface area contributed by atoms with Crippen molar-refractivity contribution in [2.24, 2.45) is 0 Å². The average molecular weight is 668 g/mol. The van der Waals surface area contributed by atoms with Gasteiger partial charge in [0.25, 0.3) is 0 Å². The van der Waals surface area contributed by atoms with Crippen molar-refractivity contribution in [3.8, 4) is 39.7 Å². The number of nitrogens with zero attached hydrogens (tertiary/aromatic N) is 3. The van der Waals surface area contributed by atoms with E-state index < -0.39 is 0 Å². The number of allylic oxidation sites excluding steroid dienone is 3. The predicted octanol–water partition coefficient (Wildman–Crippen LogP) is 12.0. The van der Waals surface area contributed by atoms with Gasteiger partial charge in [-0.15, -0.1) is 0 Å². The minimum absolute atomic E-state index is 0.698. The lowest BCUT2D eigenvalue weighted by Crippen LogP contribution is -2.06. The first kappa shape index (κ1) is 30.5. The van der Waals surface area contributed by atoms with Gasteiger partial charge >= 0.3 is 0 Å². The summed E-state index contributed by atoms with van der Waals surface area (Å²) in [5.41, 5.74) is 19.7. The van der Waals surface area contributed by atoms with E-state index >= 15 is 0 Å². The fourth-order valence-corrected chi connectivity index (χ4v) is 9.04. The van der Waals surface area contributed by atoms with Gasteiger partial charge in [-0.2, -0.15) is 5.26 Å². The molecule has 7 aromatic rings. The van der Waals surface area contributed by atoms with E-state index in [1.54, 1.807) is 0 Å². The number of hydrogen-bond acceptors (Lipinski definition) is 1. The minimum Gasteiger partial charge on any atom is -0.309 e. The molecule has 2 heterocycles. The fourth-order valence-electron chi connectivity index (χ4n) is 9.04. The molecule has 0 saturated carbocycles. The number of aryl methyl sites for hydroxylation is 1. The Morgan fingerprint density at radius 1 is 0.481 bits per heavy atom. The van der Waals surface area contributed by atoms with Crippen molar-refractivity contribution in [3.63, 3.8) is 0 Å². The van der Waals surface area contributed by atoms with Crippen LogP contribution in [0.4, 0.5) is 0 Å². The zero-order valence-electron chi connectivity index (χ0n) is 29.0. The van der Waals surface area contributed by atoms with Crippen molar-refractivity contribution in [1.29, 1.82) is 5.26 Å². The summed E-state index contributed by atoms with van der Waals surface area (Å²) >= 11 is 0. The highest BCUT2D eigenvalue weighted by Gasteiger charge is 2.28. The molecule has 10 rings (SSSR count). The third-order valence-electron chi connectivity index (χ3n) is 11.3. The highest BCUT2D eigenvalue weighted by Crippen LogP contribution is 2.45. The molecule has 0 amide bonds. The van der Waals surface area contributed by atoms with E-state index in [0.717, 1.165) is 44.2 Å². The van der Waals surface area contributed by atoms with Crippen LogP contribution in [0.1, 0.15) is 64.2 Å². The molecule has 3 aliphatic carbocycles. The fraction of sp³-hybridized carbons (Fsp3) is 0.122. The maximum absolute atomic E-state index is 10.1. The van der Waals surface area contributed by atoms with Crippen molar-refractivity contribution in [2.75, 3.05) is 0 Å². The molecule has 5 aromatic carbocycles. The Morgan fingerprint density at radius 3 is 1.85 bits per heavy atom. The summed E-state index contributed by atoms with van der Waals surface area (Å²) in [7, 11) is 0. The van der Waals surface area contributed by atoms with Crippen molar-refractivity contribution < 1.29 is 0 Å². The van der Waals surface area contributed by atoms with Crippen molar-refractivity contribution in [2.45, 2.75) is 38.5 Å². The van der Waals surface area contributed by atoms with Gasteiger partial charge in [-0.25, -0.2) is 0 Å². The number of nitriles is 1. The summed E-state index contributed by atoms with van der Waals surface area (Å²) in [6, 6.07) is 46.1. The number of hydrogen-bond donors (Lipinski definition) is 0. The van der Waals surface area contributed by atoms with Crippen LogP contribution >= 0.6 is 0 Å². The maximum atomic E-state index is 10.1. The van der Waals surface area contributed by atoms with E-state index in [9.17, 15) is 5.26 Å². The summed E-state index contributed by atoms with van der Waals surface area (Å²) in [6.07, 6.45) is 17.8. The van der Waals surface area contributed by atoms with Crippen LogP contribution in [-0.2, 0) is 19.3 Å². The summed E-state index contributed by atoms with van der Waals surface area (Å²) in [6.45, 7) is 0. The van der Waals surface area contributed by atoms with Crippen LogP contribution in [0.25, 0.3) is 68.3 Å². The van der Waals surface area contributed by atoms with Crippen molar-refractivity contribution in [3.05, 3.63) is 178 Å². The second-order valence-electron chi connectivity index (χ2n) is 14.1. The number of rotatable bonds is 5. The number of para-hydroxylation sites is 3. The number of aromatic nitrogens is 2. The van der Waals surface area contributed by atoms with Gasteiger partial charge in [0.05, 0.1) is 22.5 Å². The molecule has 248 valence electrons. The maximum Gasteiger partial charge on any atom is 0.101 e. The summed E-state index contributed by atoms with van der Waals surface area (Å²) < 4.78 is 4.83. The molecule has 3 aliphatic rings. The third kappa shape index (κ3) is 4.72. The molecule has 0 bridgehead atoms. The molecule has 0 aliphatic heterocycles. The Morgan fingerprint density at radius 2 is 1.08 bits per heavy atom. The van der Waals surface area contributed by atoms with Gasteiger partial charge in [-0.05, 0) is 126 Å². The van der Waals surface area contributed by atoms with Gasteiger partial charge in [-0.3, -0.25) is 0 Å². The number of benzene rings is 5. The molecule has 2 aromatic heterocycles. The first-order chi connectivity index (χ1) is 25.8. The first-order valence-electron chi connectivity index (χ1n) is 18.5. The monoisotopic (exact) mass is 667 g/mol. The lowest BCUT2D eigenvalue weighted by molar-refractivity contribution is 0.928. The van der Waals surface area contributed by atoms with Crippen LogP contribution in [0.2, 0.25) is 0 Å². The molecular weight excluding hydrogens is 631 g/mol. The molecule has 52 heavy (non-hydrogen) atoms. The Balaban J connectivity index is 1.18. The summed E-state index contributed by atoms with van der Waals surface area (Å²) in [5.74, 6) is 0. The van der Waals surface area contributed by atoms with Gasteiger partial charge < -0.3 is 9.13 Å². The van der Waals surface area contributed by atoms with E-state index in [0.29, 0.717) is 5.56 Å². The first-order valence-corrected chi connectivity index (χ1v) is 18.5. The van der Waals surface area contributed by atoms with E-state index in [1.807, 2.05) is 18.2 Å². The van der Waals surface area contributed by atoms with Crippen LogP contribution in [0.5, 0.6) is 0 Å². The molecule has 0 unspecified atom stereocenters. The molecule has 0 N–H and O–H groups in total. The van der Waals surface area contributed by atoms with E-state index in [1.165, 1.54) is 83.8 Å². The summed E-state index contributed by atoms with van der Waals surface area (Å²) in [5, 5.41) is 11.5. The van der Waals surface area contributed by atoms with Gasteiger partial charge in [0, 0.05) is 28.0 Å². The predicted molar refractivity (Wildman–Crippen MR) is 216 cm³/mol. The van der Waals surface area contributed by atoms with Crippen LogP contribution in [-0.4, -0.2) is 9.13 Å². The molecule has 0 radical (unpaired) electrons. The molecule has 0 atom stereocenters. The normalized spacial score (nSPS) is 14.4. The second-order valence-corrected chi connectivity index (χ2v) is 14.1. The minimum atomic E-state index is 0.698. The lowest BCUT2D eigenvalue weighted by Gasteiger charge is -2.21. The van der Waals surface area contributed by atoms with Crippen LogP contribution in [0, 0.1) is 11.3 Å². The topological polar surface area (TPSA) is 33.6 Å². The largest absolute Gasteiger partial charge is 0.309 e. The van der Waals surface area contributed by atoms with Gasteiger partial charge in [-0.1, -0.05) is 109 Å². The van der Waals surface area contributed by atoms with Gasteiger partial charge in [0.2, 0.25) is 0 Å². The molecule has 0 saturated heterocycles. The molecule has 0 spiro atoms. The number of fused-ring (bicyclic) bond motifs is 6. The van der Waals surface area contributed by atoms with Gasteiger partial charge in [0.15, 0.2) is 0 Å². The highest BCUT2D eigenvalue weighted by atomic mass is 15.0. The Labute approximate surface area is 304 Å². The van der Waals surface area contributed by atoms with E-state index in [-0.39, 0.29) is 0 Å². The van der Waals surface area contributed by atoms with Crippen LogP contribution < -0.4 is 0 Å². The zero-order chi connectivity index (χ0) is 34.6. The molecule has 0 fully saturated rings. The second kappa shape index (κ2) is 12.4. The highest BCUT2D eigenvalue weighted by molar-refractivity contribution is 6.04. The third-order valence-corrected chi connectivity index (χ3v) is 11.3. The Kier molecular flexibility index (Phi) is 7.29. The molecule has 3 nitrogen and oxygen atoms in total. The SMILES string of the molecule is N#Cc1ccccc1-n1c2c(c3c1C=C(c1ccccc1-c1ccccc1-c1cccc4c5c(n(-c6ccccc6)c14)C=CCC5)CC3)CCC=C2. The molecular formula is C49H37N3. The van der Waals surface area contributed by atoms with Crippen molar-refractivity contribution in [1.82, 2.24) is 9.13 Å². The van der Waals surface area contributed by atoms with Crippen LogP contribution in [0.15, 0.2) is 133 Å². The van der Waals surface area contributed by atoms with E-state index in [2.05, 4.69) is 149 Å². The standard InChI is InChI=1S/C49H37N3/c50-32-34-15-4-11-26-45(34)52-47-28-13-9-22-40(47)42-30-29-33(31-48(42)52)36-18-5-6-19-37(36)38-20-7-8-21-39(38)43-24-14-25-44-41-23-10-12-27-46(41)51(49(43)44)35-16-2-1-3-17-35/h1-8,11-21,24-28,31H,9-10,22-23,29-30H2. The lowest BCUT2D eigenvalue weighted by atomic mass is 9.84. The Bertz CT molecular complexity index is 2690. The summed E-state index contributed by atoms with van der Waals surface area (Å²) in [4.78, 5) is 0. The smallest absolute Gasteiger partial charge is 0.101 e. The van der Waals surface area contributed by atoms with Crippen LogP contribution in [0.3, 0.4) is 0 Å². The average Bonchev–Trinajstić information content (AvgIpc) is 3.74. The Hall–Kier alpha value is -6.37. The molecule has 3 heteroatoms. The van der Waals surface area contributed by atoms with E-state index in [4.69, 9.17) is 0 Å². The van der Waals surface area contributed by atoms with Gasteiger partial charge in [0.1, 0.15) is 6.07 Å². The van der Waals surface area contributed by atoms with Crippen molar-refractivity contribution >= 4 is 34.7 Å². The quantitative estimate of drug-likeness (QED) is 0.180. The zero-order valence-corrected chi connectivity index (χ0v) is 29.0.